The lowest BCUT2D eigenvalue weighted by molar-refractivity contribution is 0.0516. The number of aliphatic hydroxyl groups is 1. The molecule has 1 aliphatic rings. The minimum atomic E-state index is -0.454. The van der Waals surface area contributed by atoms with Crippen LogP contribution in [-0.4, -0.2) is 52.9 Å². The molecule has 2 rings (SSSR count). The number of carbonyl (C=O) groups excluding carboxylic acids is 2. The van der Waals surface area contributed by atoms with Crippen LogP contribution < -0.4 is 5.32 Å². The third kappa shape index (κ3) is 3.59. The summed E-state index contributed by atoms with van der Waals surface area (Å²) in [5.74, 6) is -0.180. The van der Waals surface area contributed by atoms with Gasteiger partial charge in [0.1, 0.15) is 0 Å². The van der Waals surface area contributed by atoms with Gasteiger partial charge in [-0.05, 0) is 31.7 Å². The van der Waals surface area contributed by atoms with Crippen LogP contribution in [-0.2, 0) is 11.8 Å². The van der Waals surface area contributed by atoms with E-state index in [2.05, 4.69) is 5.32 Å². The first-order valence-corrected chi connectivity index (χ1v) is 7.56. The van der Waals surface area contributed by atoms with Crippen molar-refractivity contribution in [3.05, 3.63) is 18.0 Å². The molecule has 0 atom stereocenters. The minimum Gasteiger partial charge on any atom is -0.461 e. The Kier molecular flexibility index (Phi) is 5.43. The van der Waals surface area contributed by atoms with E-state index in [0.717, 1.165) is 12.8 Å². The molecule has 0 spiro atoms. The van der Waals surface area contributed by atoms with Gasteiger partial charge < -0.3 is 24.6 Å². The first kappa shape index (κ1) is 16.4. The highest BCUT2D eigenvalue weighted by atomic mass is 16.5. The fraction of sp³-hybridized carbons (Fsp3) is 0.600. The summed E-state index contributed by atoms with van der Waals surface area (Å²) in [7, 11) is 1.73. The lowest BCUT2D eigenvalue weighted by Crippen LogP contribution is -2.41. The number of piperidine rings is 1. The monoisotopic (exact) mass is 309 g/mol. The average Bonchev–Trinajstić information content (AvgIpc) is 2.88. The van der Waals surface area contributed by atoms with E-state index < -0.39 is 5.97 Å². The molecule has 0 unspecified atom stereocenters. The maximum Gasteiger partial charge on any atom is 0.357 e. The topological polar surface area (TPSA) is 83.8 Å². The first-order valence-electron chi connectivity index (χ1n) is 7.56. The van der Waals surface area contributed by atoms with E-state index in [4.69, 9.17) is 9.84 Å². The molecular weight excluding hydrogens is 286 g/mol. The molecule has 1 aromatic heterocycles. The largest absolute Gasteiger partial charge is 0.461 e. The number of amides is 2. The number of nitrogens with one attached hydrogen (secondary N) is 1. The van der Waals surface area contributed by atoms with Gasteiger partial charge >= 0.3 is 12.0 Å². The predicted octanol–water partition coefficient (Wildman–Crippen LogP) is 1.44. The highest BCUT2D eigenvalue weighted by Crippen LogP contribution is 2.20. The normalized spacial score (nSPS) is 15.7. The van der Waals surface area contributed by atoms with Crippen molar-refractivity contribution >= 4 is 17.7 Å². The molecular formula is C15H23N3O4. The number of nitrogens with zero attached hydrogens (tertiary/aromatic N) is 2. The van der Waals surface area contributed by atoms with E-state index in [1.54, 1.807) is 35.7 Å². The van der Waals surface area contributed by atoms with Crippen molar-refractivity contribution < 1.29 is 19.4 Å². The van der Waals surface area contributed by atoms with E-state index in [1.807, 2.05) is 0 Å². The smallest absolute Gasteiger partial charge is 0.357 e. The molecule has 0 bridgehead atoms. The Morgan fingerprint density at radius 1 is 1.41 bits per heavy atom. The molecule has 2 amide bonds. The molecule has 0 saturated carbocycles. The highest BCUT2D eigenvalue weighted by molar-refractivity contribution is 5.99. The first-order chi connectivity index (χ1) is 10.6. The van der Waals surface area contributed by atoms with Gasteiger partial charge in [0, 0.05) is 32.9 Å². The van der Waals surface area contributed by atoms with Gasteiger partial charge in [0.25, 0.3) is 0 Å². The maximum atomic E-state index is 12.3. The Morgan fingerprint density at radius 3 is 2.68 bits per heavy atom. The third-order valence-corrected chi connectivity index (χ3v) is 3.94. The van der Waals surface area contributed by atoms with Gasteiger partial charge in [-0.15, -0.1) is 0 Å². The van der Waals surface area contributed by atoms with Crippen molar-refractivity contribution in [1.82, 2.24) is 9.47 Å². The molecule has 122 valence electrons. The van der Waals surface area contributed by atoms with Gasteiger partial charge in [0.15, 0.2) is 5.69 Å². The summed E-state index contributed by atoms with van der Waals surface area (Å²) in [5.41, 5.74) is 0.788. The van der Waals surface area contributed by atoms with Crippen LogP contribution in [0.25, 0.3) is 0 Å². The van der Waals surface area contributed by atoms with E-state index in [9.17, 15) is 9.59 Å². The Labute approximate surface area is 129 Å². The van der Waals surface area contributed by atoms with Crippen LogP contribution in [0.5, 0.6) is 0 Å². The number of ether oxygens (including phenoxy) is 1. The van der Waals surface area contributed by atoms with Crippen molar-refractivity contribution in [1.29, 1.82) is 0 Å². The minimum absolute atomic E-state index is 0.168. The van der Waals surface area contributed by atoms with Crippen molar-refractivity contribution in [2.45, 2.75) is 19.8 Å². The van der Waals surface area contributed by atoms with Gasteiger partial charge in [-0.2, -0.15) is 0 Å². The Morgan fingerprint density at radius 2 is 2.09 bits per heavy atom. The second-order valence-electron chi connectivity index (χ2n) is 5.45. The number of hydrogen-bond donors (Lipinski definition) is 2. The van der Waals surface area contributed by atoms with Crippen LogP contribution in [0.15, 0.2) is 12.3 Å². The fourth-order valence-corrected chi connectivity index (χ4v) is 2.60. The van der Waals surface area contributed by atoms with Gasteiger partial charge in [0.05, 0.1) is 12.3 Å². The Hall–Kier alpha value is -2.02. The molecule has 1 aliphatic heterocycles. The molecule has 2 N–H and O–H groups in total. The summed E-state index contributed by atoms with van der Waals surface area (Å²) < 4.78 is 6.64. The van der Waals surface area contributed by atoms with Gasteiger partial charge in [0.2, 0.25) is 0 Å². The average molecular weight is 309 g/mol. The fourth-order valence-electron chi connectivity index (χ4n) is 2.60. The standard InChI is InChI=1S/C15H23N3O4/c1-3-22-14(20)13-12(6-7-17(13)2)16-15(21)18-8-4-11(10-19)5-9-18/h6-7,11,19H,3-5,8-10H2,1-2H3,(H,16,21). The van der Waals surface area contributed by atoms with E-state index in [0.29, 0.717) is 24.5 Å². The van der Waals surface area contributed by atoms with Crippen molar-refractivity contribution in [3.63, 3.8) is 0 Å². The van der Waals surface area contributed by atoms with Gasteiger partial charge in [-0.1, -0.05) is 0 Å². The summed E-state index contributed by atoms with van der Waals surface area (Å²) in [4.78, 5) is 25.9. The number of likely N-dealkylation sites (tertiary alicyclic amines) is 1. The third-order valence-electron chi connectivity index (χ3n) is 3.94. The number of rotatable bonds is 4. The van der Waals surface area contributed by atoms with Crippen LogP contribution in [0.2, 0.25) is 0 Å². The Balaban J connectivity index is 2.02. The molecule has 7 heteroatoms. The number of aromatic nitrogens is 1. The zero-order valence-corrected chi connectivity index (χ0v) is 13.0. The van der Waals surface area contributed by atoms with Gasteiger partial charge in [-0.3, -0.25) is 0 Å². The van der Waals surface area contributed by atoms with Crippen LogP contribution in [0, 0.1) is 5.92 Å². The van der Waals surface area contributed by atoms with E-state index in [1.165, 1.54) is 0 Å². The van der Waals surface area contributed by atoms with Crippen LogP contribution in [0.4, 0.5) is 10.5 Å². The highest BCUT2D eigenvalue weighted by Gasteiger charge is 2.24. The second-order valence-corrected chi connectivity index (χ2v) is 5.45. The van der Waals surface area contributed by atoms with Gasteiger partial charge in [-0.25, -0.2) is 9.59 Å². The SMILES string of the molecule is CCOC(=O)c1c(NC(=O)N2CCC(CO)CC2)ccn1C. The maximum absolute atomic E-state index is 12.3. The lowest BCUT2D eigenvalue weighted by atomic mass is 9.98. The van der Waals surface area contributed by atoms with Crippen LogP contribution in [0.1, 0.15) is 30.3 Å². The number of carbonyl (C=O) groups is 2. The summed E-state index contributed by atoms with van der Waals surface area (Å²) >= 11 is 0. The molecule has 1 saturated heterocycles. The van der Waals surface area contributed by atoms with E-state index in [-0.39, 0.29) is 25.2 Å². The molecule has 2 heterocycles. The van der Waals surface area contributed by atoms with Crippen molar-refractivity contribution in [2.75, 3.05) is 31.6 Å². The zero-order chi connectivity index (χ0) is 16.1. The van der Waals surface area contributed by atoms with Crippen LogP contribution in [0.3, 0.4) is 0 Å². The molecule has 1 fully saturated rings. The molecule has 0 aliphatic carbocycles. The number of hydrogen-bond acceptors (Lipinski definition) is 4. The van der Waals surface area contributed by atoms with Crippen LogP contribution >= 0.6 is 0 Å². The number of esters is 1. The summed E-state index contributed by atoms with van der Waals surface area (Å²) in [5, 5.41) is 11.9. The number of aliphatic hydroxyl groups excluding tert-OH is 1. The number of urea groups is 1. The molecule has 1 aromatic rings. The lowest BCUT2D eigenvalue weighted by Gasteiger charge is -2.31. The predicted molar refractivity (Wildman–Crippen MR) is 81.8 cm³/mol. The molecule has 0 radical (unpaired) electrons. The van der Waals surface area contributed by atoms with E-state index >= 15 is 0 Å². The quantitative estimate of drug-likeness (QED) is 0.824. The second kappa shape index (κ2) is 7.31. The molecule has 22 heavy (non-hydrogen) atoms. The molecule has 7 nitrogen and oxygen atoms in total. The van der Waals surface area contributed by atoms with Crippen molar-refractivity contribution in [2.24, 2.45) is 13.0 Å². The van der Waals surface area contributed by atoms with Crippen molar-refractivity contribution in [3.8, 4) is 0 Å². The zero-order valence-electron chi connectivity index (χ0n) is 13.0. The summed E-state index contributed by atoms with van der Waals surface area (Å²) in [6, 6.07) is 1.46. The molecule has 0 aromatic carbocycles. The number of aryl methyl sites for hydroxylation is 1. The summed E-state index contributed by atoms with van der Waals surface area (Å²) in [6.45, 7) is 3.41. The summed E-state index contributed by atoms with van der Waals surface area (Å²) in [6.07, 6.45) is 3.30. The Bertz CT molecular complexity index is 533. The number of anilines is 1.